The molecule has 1 aliphatic heterocycles. The summed E-state index contributed by atoms with van der Waals surface area (Å²) in [4.78, 5) is 26.3. The standard InChI is InChI=1S/C19H20N6O2/c26-25(27)17-18(21-13-22-19(17)24-11-3-1-2-4-12-24)23-15-9-5-7-14-8-6-10-20-16(14)15/h5-10,13H,1-4,11-12H2,(H,21,22,23). The zero-order chi connectivity index (χ0) is 18.6. The van der Waals surface area contributed by atoms with Crippen molar-refractivity contribution in [1.82, 2.24) is 15.0 Å². The minimum atomic E-state index is -0.402. The molecule has 8 nitrogen and oxygen atoms in total. The van der Waals surface area contributed by atoms with Gasteiger partial charge in [-0.15, -0.1) is 0 Å². The predicted molar refractivity (Wildman–Crippen MR) is 104 cm³/mol. The summed E-state index contributed by atoms with van der Waals surface area (Å²) >= 11 is 0. The third kappa shape index (κ3) is 3.51. The van der Waals surface area contributed by atoms with Gasteiger partial charge in [-0.05, 0) is 25.0 Å². The fraction of sp³-hybridized carbons (Fsp3) is 0.316. The first kappa shape index (κ1) is 17.1. The molecule has 138 valence electrons. The molecule has 0 bridgehead atoms. The topological polar surface area (TPSA) is 97.1 Å². The quantitative estimate of drug-likeness (QED) is 0.551. The van der Waals surface area contributed by atoms with Crippen LogP contribution >= 0.6 is 0 Å². The van der Waals surface area contributed by atoms with Gasteiger partial charge in [-0.25, -0.2) is 9.97 Å². The van der Waals surface area contributed by atoms with Crippen LogP contribution in [0.25, 0.3) is 10.9 Å². The number of aromatic nitrogens is 3. The molecular weight excluding hydrogens is 344 g/mol. The Morgan fingerprint density at radius 1 is 1.00 bits per heavy atom. The van der Waals surface area contributed by atoms with Crippen LogP contribution in [0.4, 0.5) is 23.0 Å². The number of hydrogen-bond donors (Lipinski definition) is 1. The number of para-hydroxylation sites is 1. The lowest BCUT2D eigenvalue weighted by Crippen LogP contribution is -2.26. The number of pyridine rings is 1. The van der Waals surface area contributed by atoms with Crippen LogP contribution in [-0.4, -0.2) is 33.0 Å². The fourth-order valence-corrected chi connectivity index (χ4v) is 3.48. The van der Waals surface area contributed by atoms with E-state index >= 15 is 0 Å². The summed E-state index contributed by atoms with van der Waals surface area (Å²) in [6, 6.07) is 9.48. The van der Waals surface area contributed by atoms with E-state index < -0.39 is 4.92 Å². The second-order valence-corrected chi connectivity index (χ2v) is 6.56. The van der Waals surface area contributed by atoms with Crippen molar-refractivity contribution in [1.29, 1.82) is 0 Å². The number of nitrogens with one attached hydrogen (secondary N) is 1. The smallest absolute Gasteiger partial charge is 0.351 e. The number of nitrogens with zero attached hydrogens (tertiary/aromatic N) is 5. The first-order valence-corrected chi connectivity index (χ1v) is 9.09. The number of anilines is 3. The van der Waals surface area contributed by atoms with E-state index in [9.17, 15) is 10.1 Å². The van der Waals surface area contributed by atoms with Gasteiger partial charge in [0.2, 0.25) is 11.6 Å². The van der Waals surface area contributed by atoms with Gasteiger partial charge in [-0.1, -0.05) is 31.0 Å². The third-order valence-corrected chi connectivity index (χ3v) is 4.78. The Morgan fingerprint density at radius 2 is 1.78 bits per heavy atom. The number of fused-ring (bicyclic) bond motifs is 1. The van der Waals surface area contributed by atoms with E-state index in [0.717, 1.165) is 49.7 Å². The van der Waals surface area contributed by atoms with Crippen LogP contribution in [0.2, 0.25) is 0 Å². The summed E-state index contributed by atoms with van der Waals surface area (Å²) in [5.74, 6) is 0.569. The zero-order valence-electron chi connectivity index (χ0n) is 14.8. The Bertz CT molecular complexity index is 964. The Labute approximate surface area is 156 Å². The predicted octanol–water partition coefficient (Wildman–Crippen LogP) is 4.06. The summed E-state index contributed by atoms with van der Waals surface area (Å²) in [5, 5.41) is 15.9. The van der Waals surface area contributed by atoms with Gasteiger partial charge < -0.3 is 10.2 Å². The van der Waals surface area contributed by atoms with Crippen LogP contribution < -0.4 is 10.2 Å². The lowest BCUT2D eigenvalue weighted by Gasteiger charge is -2.21. The van der Waals surface area contributed by atoms with E-state index in [1.165, 1.54) is 6.33 Å². The molecule has 27 heavy (non-hydrogen) atoms. The largest absolute Gasteiger partial charge is 0.353 e. The summed E-state index contributed by atoms with van der Waals surface area (Å²) in [5.41, 5.74) is 1.33. The maximum absolute atomic E-state index is 11.9. The average molecular weight is 364 g/mol. The SMILES string of the molecule is O=[N+]([O-])c1c(Nc2cccc3cccnc23)ncnc1N1CCCCCC1. The molecule has 0 atom stereocenters. The second kappa shape index (κ2) is 7.53. The van der Waals surface area contributed by atoms with Crippen molar-refractivity contribution in [2.24, 2.45) is 0 Å². The van der Waals surface area contributed by atoms with Gasteiger partial charge >= 0.3 is 5.69 Å². The van der Waals surface area contributed by atoms with E-state index in [1.807, 2.05) is 35.2 Å². The summed E-state index contributed by atoms with van der Waals surface area (Å²) in [6.07, 6.45) is 7.39. The third-order valence-electron chi connectivity index (χ3n) is 4.78. The van der Waals surface area contributed by atoms with E-state index in [4.69, 9.17) is 0 Å². The van der Waals surface area contributed by atoms with Crippen LogP contribution in [0, 0.1) is 10.1 Å². The van der Waals surface area contributed by atoms with Gasteiger partial charge in [0.05, 0.1) is 16.1 Å². The molecule has 0 amide bonds. The summed E-state index contributed by atoms with van der Waals surface area (Å²) < 4.78 is 0. The van der Waals surface area contributed by atoms with E-state index in [2.05, 4.69) is 20.3 Å². The number of benzene rings is 1. The number of rotatable bonds is 4. The lowest BCUT2D eigenvalue weighted by atomic mass is 10.2. The molecular formula is C19H20N6O2. The molecule has 8 heteroatoms. The maximum atomic E-state index is 11.9. The second-order valence-electron chi connectivity index (χ2n) is 6.56. The molecule has 1 aliphatic rings. The molecule has 0 radical (unpaired) electrons. The Hall–Kier alpha value is -3.29. The van der Waals surface area contributed by atoms with Crippen molar-refractivity contribution in [3.05, 3.63) is 53.0 Å². The van der Waals surface area contributed by atoms with Gasteiger partial charge in [-0.2, -0.15) is 0 Å². The highest BCUT2D eigenvalue weighted by molar-refractivity contribution is 5.92. The van der Waals surface area contributed by atoms with Crippen molar-refractivity contribution in [2.75, 3.05) is 23.3 Å². The van der Waals surface area contributed by atoms with E-state index in [0.29, 0.717) is 11.5 Å². The van der Waals surface area contributed by atoms with Gasteiger partial charge in [0.1, 0.15) is 6.33 Å². The van der Waals surface area contributed by atoms with Crippen LogP contribution in [0.15, 0.2) is 42.9 Å². The van der Waals surface area contributed by atoms with E-state index in [1.54, 1.807) is 6.20 Å². The summed E-state index contributed by atoms with van der Waals surface area (Å²) in [7, 11) is 0. The fourth-order valence-electron chi connectivity index (χ4n) is 3.48. The Kier molecular flexibility index (Phi) is 4.78. The zero-order valence-corrected chi connectivity index (χ0v) is 14.8. The number of nitro groups is 1. The van der Waals surface area contributed by atoms with Crippen molar-refractivity contribution in [3.63, 3.8) is 0 Å². The minimum absolute atomic E-state index is 0.0904. The number of hydrogen-bond acceptors (Lipinski definition) is 7. The lowest BCUT2D eigenvalue weighted by molar-refractivity contribution is -0.383. The van der Waals surface area contributed by atoms with Crippen LogP contribution in [0.5, 0.6) is 0 Å². The molecule has 1 fully saturated rings. The molecule has 1 N–H and O–H groups in total. The van der Waals surface area contributed by atoms with Crippen molar-refractivity contribution >= 4 is 33.9 Å². The molecule has 1 aromatic carbocycles. The molecule has 2 aromatic heterocycles. The van der Waals surface area contributed by atoms with Crippen LogP contribution in [0.3, 0.4) is 0 Å². The van der Waals surface area contributed by atoms with Gasteiger partial charge in [0, 0.05) is 24.7 Å². The molecule has 4 rings (SSSR count). The highest BCUT2D eigenvalue weighted by Gasteiger charge is 2.27. The summed E-state index contributed by atoms with van der Waals surface area (Å²) in [6.45, 7) is 1.54. The monoisotopic (exact) mass is 364 g/mol. The van der Waals surface area contributed by atoms with Gasteiger partial charge in [0.25, 0.3) is 0 Å². The van der Waals surface area contributed by atoms with Crippen molar-refractivity contribution in [2.45, 2.75) is 25.7 Å². The van der Waals surface area contributed by atoms with Crippen molar-refractivity contribution in [3.8, 4) is 0 Å². The van der Waals surface area contributed by atoms with Gasteiger partial charge in [0.15, 0.2) is 0 Å². The molecule has 0 aliphatic carbocycles. The van der Waals surface area contributed by atoms with Gasteiger partial charge in [-0.3, -0.25) is 15.1 Å². The molecule has 0 unspecified atom stereocenters. The Balaban J connectivity index is 1.76. The molecule has 0 saturated carbocycles. The Morgan fingerprint density at radius 3 is 2.56 bits per heavy atom. The molecule has 3 heterocycles. The van der Waals surface area contributed by atoms with E-state index in [-0.39, 0.29) is 11.5 Å². The molecule has 3 aromatic rings. The molecule has 0 spiro atoms. The highest BCUT2D eigenvalue weighted by atomic mass is 16.6. The first-order valence-electron chi connectivity index (χ1n) is 9.09. The normalized spacial score (nSPS) is 14.7. The average Bonchev–Trinajstić information content (AvgIpc) is 2.97. The first-order chi connectivity index (χ1) is 13.2. The van der Waals surface area contributed by atoms with Crippen LogP contribution in [0.1, 0.15) is 25.7 Å². The highest BCUT2D eigenvalue weighted by Crippen LogP contribution is 2.35. The molecule has 1 saturated heterocycles. The van der Waals surface area contributed by atoms with Crippen LogP contribution in [-0.2, 0) is 0 Å². The van der Waals surface area contributed by atoms with Crippen molar-refractivity contribution < 1.29 is 4.92 Å². The maximum Gasteiger partial charge on any atom is 0.353 e. The minimum Gasteiger partial charge on any atom is -0.351 e.